The van der Waals surface area contributed by atoms with Gasteiger partial charge in [-0.3, -0.25) is 14.9 Å². The number of rotatable bonds is 5. The van der Waals surface area contributed by atoms with Crippen LogP contribution in [0, 0.1) is 6.92 Å². The van der Waals surface area contributed by atoms with Crippen molar-refractivity contribution in [1.29, 1.82) is 0 Å². The number of aryl methyl sites for hydroxylation is 1. The summed E-state index contributed by atoms with van der Waals surface area (Å²) < 4.78 is 6.46. The topological polar surface area (TPSA) is 75.7 Å². The standard InChI is InChI=1S/C25H17BrCl2N2O4/c1-14-4-2-3-5-21(14)30-24(32)17(23(31)29-25(30)33)10-15-7-9-22(18(26)11-15)34-13-16-6-8-19(27)20(28)12-16/h2-12H,13H2,1H3,(H,29,31,33)/b17-10+. The Morgan fingerprint density at radius 1 is 1.00 bits per heavy atom. The van der Waals surface area contributed by atoms with Crippen LogP contribution >= 0.6 is 39.1 Å². The summed E-state index contributed by atoms with van der Waals surface area (Å²) >= 11 is 15.4. The summed E-state index contributed by atoms with van der Waals surface area (Å²) in [4.78, 5) is 38.9. The Labute approximate surface area is 214 Å². The number of halogens is 3. The number of barbiturate groups is 1. The predicted molar refractivity (Wildman–Crippen MR) is 135 cm³/mol. The lowest BCUT2D eigenvalue weighted by molar-refractivity contribution is -0.122. The molecule has 0 aromatic heterocycles. The molecule has 1 fully saturated rings. The molecule has 1 aliphatic heterocycles. The molecule has 0 unspecified atom stereocenters. The minimum absolute atomic E-state index is 0.153. The second kappa shape index (κ2) is 10.0. The highest BCUT2D eigenvalue weighted by Crippen LogP contribution is 2.30. The van der Waals surface area contributed by atoms with E-state index in [1.54, 1.807) is 61.5 Å². The van der Waals surface area contributed by atoms with Crippen LogP contribution in [-0.2, 0) is 16.2 Å². The van der Waals surface area contributed by atoms with E-state index in [1.807, 2.05) is 6.07 Å². The summed E-state index contributed by atoms with van der Waals surface area (Å²) in [6.07, 6.45) is 1.43. The van der Waals surface area contributed by atoms with Crippen LogP contribution in [0.15, 0.2) is 70.7 Å². The third-order valence-corrected chi connectivity index (χ3v) is 6.46. The average Bonchev–Trinajstić information content (AvgIpc) is 2.79. The molecule has 0 saturated carbocycles. The zero-order chi connectivity index (χ0) is 24.4. The van der Waals surface area contributed by atoms with Crippen LogP contribution < -0.4 is 15.0 Å². The molecule has 3 aromatic rings. The summed E-state index contributed by atoms with van der Waals surface area (Å²) in [7, 11) is 0. The van der Waals surface area contributed by atoms with E-state index in [4.69, 9.17) is 27.9 Å². The van der Waals surface area contributed by atoms with Gasteiger partial charge in [0.15, 0.2) is 0 Å². The lowest BCUT2D eigenvalue weighted by Gasteiger charge is -2.27. The highest BCUT2D eigenvalue weighted by Gasteiger charge is 2.37. The van der Waals surface area contributed by atoms with Crippen LogP contribution in [-0.4, -0.2) is 17.8 Å². The first-order chi connectivity index (χ1) is 16.2. The molecule has 0 atom stereocenters. The second-order valence-electron chi connectivity index (χ2n) is 7.47. The lowest BCUT2D eigenvalue weighted by Crippen LogP contribution is -2.54. The molecular weight excluding hydrogens is 543 g/mol. The van der Waals surface area contributed by atoms with Crippen molar-refractivity contribution in [3.63, 3.8) is 0 Å². The number of carbonyl (C=O) groups is 3. The molecule has 0 radical (unpaired) electrons. The molecule has 1 N–H and O–H groups in total. The van der Waals surface area contributed by atoms with Crippen molar-refractivity contribution < 1.29 is 19.1 Å². The minimum Gasteiger partial charge on any atom is -0.488 e. The molecule has 172 valence electrons. The first kappa shape index (κ1) is 24.0. The molecule has 6 nitrogen and oxygen atoms in total. The van der Waals surface area contributed by atoms with Crippen molar-refractivity contribution in [3.8, 4) is 5.75 Å². The smallest absolute Gasteiger partial charge is 0.335 e. The number of urea groups is 1. The third-order valence-electron chi connectivity index (χ3n) is 5.10. The molecule has 0 spiro atoms. The largest absolute Gasteiger partial charge is 0.488 e. The monoisotopic (exact) mass is 558 g/mol. The number of imide groups is 2. The number of hydrogen-bond acceptors (Lipinski definition) is 4. The number of amides is 4. The Balaban J connectivity index is 1.56. The van der Waals surface area contributed by atoms with E-state index >= 15 is 0 Å². The molecule has 1 saturated heterocycles. The van der Waals surface area contributed by atoms with Crippen molar-refractivity contribution in [2.24, 2.45) is 0 Å². The summed E-state index contributed by atoms with van der Waals surface area (Å²) in [6.45, 7) is 2.05. The van der Waals surface area contributed by atoms with E-state index in [1.165, 1.54) is 6.08 Å². The molecule has 1 heterocycles. The zero-order valence-electron chi connectivity index (χ0n) is 17.8. The summed E-state index contributed by atoms with van der Waals surface area (Å²) in [6, 6.07) is 16.5. The summed E-state index contributed by atoms with van der Waals surface area (Å²) in [5.74, 6) is -0.889. The van der Waals surface area contributed by atoms with E-state index < -0.39 is 17.8 Å². The lowest BCUT2D eigenvalue weighted by atomic mass is 10.1. The Morgan fingerprint density at radius 2 is 1.76 bits per heavy atom. The fraction of sp³-hybridized carbons (Fsp3) is 0.0800. The highest BCUT2D eigenvalue weighted by molar-refractivity contribution is 9.10. The van der Waals surface area contributed by atoms with E-state index in [2.05, 4.69) is 21.2 Å². The Kier molecular flexibility index (Phi) is 7.07. The maximum absolute atomic E-state index is 13.1. The molecule has 34 heavy (non-hydrogen) atoms. The maximum atomic E-state index is 13.1. The number of anilines is 1. The Bertz CT molecular complexity index is 1360. The third kappa shape index (κ3) is 5.01. The van der Waals surface area contributed by atoms with Gasteiger partial charge in [0.05, 0.1) is 20.2 Å². The van der Waals surface area contributed by atoms with E-state index in [0.717, 1.165) is 16.0 Å². The van der Waals surface area contributed by atoms with Crippen molar-refractivity contribution >= 4 is 68.7 Å². The van der Waals surface area contributed by atoms with Crippen molar-refractivity contribution in [2.75, 3.05) is 4.90 Å². The minimum atomic E-state index is -0.784. The second-order valence-corrected chi connectivity index (χ2v) is 9.14. The number of para-hydroxylation sites is 1. The Hall–Kier alpha value is -3.13. The highest BCUT2D eigenvalue weighted by atomic mass is 79.9. The molecule has 4 amide bonds. The molecule has 1 aliphatic rings. The van der Waals surface area contributed by atoms with E-state index in [9.17, 15) is 14.4 Å². The van der Waals surface area contributed by atoms with Gasteiger partial charge < -0.3 is 4.74 Å². The van der Waals surface area contributed by atoms with Crippen LogP contribution in [0.1, 0.15) is 16.7 Å². The normalized spacial score (nSPS) is 15.0. The number of benzene rings is 3. The van der Waals surface area contributed by atoms with Crippen molar-refractivity contribution in [1.82, 2.24) is 5.32 Å². The number of nitrogens with zero attached hydrogens (tertiary/aromatic N) is 1. The number of hydrogen-bond donors (Lipinski definition) is 1. The quantitative estimate of drug-likeness (QED) is 0.293. The van der Waals surface area contributed by atoms with Crippen LogP contribution in [0.2, 0.25) is 10.0 Å². The SMILES string of the molecule is Cc1ccccc1N1C(=O)NC(=O)/C(=C\c2ccc(OCc3ccc(Cl)c(Cl)c3)c(Br)c2)C1=O. The zero-order valence-corrected chi connectivity index (χ0v) is 20.9. The number of nitrogens with one attached hydrogen (secondary N) is 1. The summed E-state index contributed by atoms with van der Waals surface area (Å²) in [5, 5.41) is 3.14. The molecule has 4 rings (SSSR count). The molecular formula is C25H17BrCl2N2O4. The van der Waals surface area contributed by atoms with Crippen LogP contribution in [0.4, 0.5) is 10.5 Å². The molecule has 0 bridgehead atoms. The Morgan fingerprint density at radius 3 is 2.47 bits per heavy atom. The van der Waals surface area contributed by atoms with Gasteiger partial charge in [-0.2, -0.15) is 0 Å². The number of ether oxygens (including phenoxy) is 1. The van der Waals surface area contributed by atoms with Crippen LogP contribution in [0.5, 0.6) is 5.75 Å². The van der Waals surface area contributed by atoms with Gasteiger partial charge in [0.2, 0.25) is 0 Å². The van der Waals surface area contributed by atoms with Gasteiger partial charge in [0.1, 0.15) is 17.9 Å². The molecule has 3 aromatic carbocycles. The fourth-order valence-electron chi connectivity index (χ4n) is 3.37. The molecule has 9 heteroatoms. The van der Waals surface area contributed by atoms with E-state index in [-0.39, 0.29) is 12.2 Å². The van der Waals surface area contributed by atoms with Crippen molar-refractivity contribution in [2.45, 2.75) is 13.5 Å². The van der Waals surface area contributed by atoms with E-state index in [0.29, 0.717) is 31.5 Å². The predicted octanol–water partition coefficient (Wildman–Crippen LogP) is 6.31. The van der Waals surface area contributed by atoms with Crippen molar-refractivity contribution in [3.05, 3.63) is 97.4 Å². The first-order valence-corrected chi connectivity index (χ1v) is 11.6. The van der Waals surface area contributed by atoms with Gasteiger partial charge in [-0.25, -0.2) is 9.69 Å². The summed E-state index contributed by atoms with van der Waals surface area (Å²) in [5.41, 5.74) is 2.41. The fourth-order valence-corrected chi connectivity index (χ4v) is 4.20. The van der Waals surface area contributed by atoms with Gasteiger partial charge in [0.25, 0.3) is 11.8 Å². The van der Waals surface area contributed by atoms with Gasteiger partial charge in [-0.15, -0.1) is 0 Å². The number of carbonyl (C=O) groups excluding carboxylic acids is 3. The molecule has 0 aliphatic carbocycles. The first-order valence-electron chi connectivity index (χ1n) is 10.1. The van der Waals surface area contributed by atoms with Gasteiger partial charge in [-0.1, -0.05) is 53.5 Å². The van der Waals surface area contributed by atoms with Crippen LogP contribution in [0.3, 0.4) is 0 Å². The van der Waals surface area contributed by atoms with Gasteiger partial charge in [-0.05, 0) is 76.0 Å². The van der Waals surface area contributed by atoms with Crippen LogP contribution in [0.25, 0.3) is 6.08 Å². The maximum Gasteiger partial charge on any atom is 0.335 e. The van der Waals surface area contributed by atoms with Gasteiger partial charge in [0, 0.05) is 0 Å². The van der Waals surface area contributed by atoms with Gasteiger partial charge >= 0.3 is 6.03 Å². The average molecular weight is 560 g/mol.